The topological polar surface area (TPSA) is 40.5 Å². The van der Waals surface area contributed by atoms with Crippen LogP contribution in [0, 0.1) is 0 Å². The number of hydrogen-bond acceptors (Lipinski definition) is 2. The number of nitrogens with zero attached hydrogens (tertiary/aromatic N) is 1. The number of carboxylic acids is 1. The molecule has 1 N–H and O–H groups in total. The summed E-state index contributed by atoms with van der Waals surface area (Å²) in [6.07, 6.45) is 0. The summed E-state index contributed by atoms with van der Waals surface area (Å²) in [6, 6.07) is -0.476. The van der Waals surface area contributed by atoms with Crippen molar-refractivity contribution in [1.82, 2.24) is 2.14 Å². The zero-order chi connectivity index (χ0) is 6.73. The van der Waals surface area contributed by atoms with Crippen LogP contribution in [0.25, 0.3) is 0 Å². The molecule has 0 rings (SSSR count). The van der Waals surface area contributed by atoms with Crippen LogP contribution in [0.4, 0.5) is 0 Å². The Labute approximate surface area is 69.9 Å². The van der Waals surface area contributed by atoms with Crippen LogP contribution < -0.4 is 0 Å². The van der Waals surface area contributed by atoms with Gasteiger partial charge < -0.3 is 5.11 Å². The van der Waals surface area contributed by atoms with Crippen LogP contribution in [0.2, 0.25) is 0 Å². The molecule has 0 aromatic heterocycles. The van der Waals surface area contributed by atoms with Crippen LogP contribution in [-0.4, -0.2) is 19.3 Å². The number of rotatable bonds is 2. The fourth-order valence-corrected chi connectivity index (χ4v) is 0.497. The fourth-order valence-electron chi connectivity index (χ4n) is 0.0835. The molecular weight excluding hydrogens is 289 g/mol. The predicted octanol–water partition coefficient (Wildman–Crippen LogP) is 1.42. The van der Waals surface area contributed by atoms with Gasteiger partial charge in [0, 0.05) is 39.0 Å². The first kappa shape index (κ1) is 8.64. The summed E-state index contributed by atoms with van der Waals surface area (Å²) in [7, 11) is 0. The molecule has 0 saturated heterocycles. The first-order valence-corrected chi connectivity index (χ1v) is 3.56. The van der Waals surface area contributed by atoms with Crippen molar-refractivity contribution >= 4 is 45.0 Å². The van der Waals surface area contributed by atoms with E-state index in [4.69, 9.17) is 5.11 Å². The maximum absolute atomic E-state index is 10.1. The Morgan fingerprint density at radius 1 is 2.00 bits per heavy atom. The molecule has 0 spiro atoms. The molecule has 0 bridgehead atoms. The highest BCUT2D eigenvalue weighted by Gasteiger charge is 2.14. The standard InChI is InChI=1S/C3H5BrINO2/c1-2(3(7)8)6(4)5/h2H,1H3,(H,7,8). The minimum Gasteiger partial charge on any atom is -0.480 e. The van der Waals surface area contributed by atoms with Crippen molar-refractivity contribution in [3.63, 3.8) is 0 Å². The average molecular weight is 294 g/mol. The highest BCUT2D eigenvalue weighted by atomic mass is 127. The molecule has 0 heterocycles. The molecule has 0 aromatic carbocycles. The van der Waals surface area contributed by atoms with Crippen LogP contribution in [0.5, 0.6) is 0 Å². The van der Waals surface area contributed by atoms with E-state index in [1.54, 1.807) is 6.92 Å². The van der Waals surface area contributed by atoms with Gasteiger partial charge in [-0.3, -0.25) is 4.79 Å². The molecule has 1 unspecified atom stereocenters. The molecule has 0 saturated carbocycles. The third-order valence-electron chi connectivity index (χ3n) is 0.650. The van der Waals surface area contributed by atoms with E-state index in [0.29, 0.717) is 0 Å². The Morgan fingerprint density at radius 3 is 2.38 bits per heavy atom. The van der Waals surface area contributed by atoms with Crippen molar-refractivity contribution in [3.8, 4) is 0 Å². The van der Waals surface area contributed by atoms with Crippen molar-refractivity contribution < 1.29 is 9.90 Å². The van der Waals surface area contributed by atoms with E-state index >= 15 is 0 Å². The van der Waals surface area contributed by atoms with Gasteiger partial charge in [0.05, 0.1) is 0 Å². The summed E-state index contributed by atoms with van der Waals surface area (Å²) in [5.74, 6) is -0.837. The number of carbonyl (C=O) groups is 1. The molecule has 1 atom stereocenters. The van der Waals surface area contributed by atoms with Gasteiger partial charge in [-0.1, -0.05) is 0 Å². The Bertz CT molecular complexity index is 97.3. The van der Waals surface area contributed by atoms with Crippen LogP contribution >= 0.6 is 39.0 Å². The van der Waals surface area contributed by atoms with Crippen molar-refractivity contribution in [2.45, 2.75) is 13.0 Å². The second-order valence-corrected chi connectivity index (χ2v) is 4.40. The fraction of sp³-hybridized carbons (Fsp3) is 0.667. The Morgan fingerprint density at radius 2 is 2.38 bits per heavy atom. The molecule has 0 aliphatic heterocycles. The minimum absolute atomic E-state index is 0.476. The molecule has 0 fully saturated rings. The highest BCUT2D eigenvalue weighted by Crippen LogP contribution is 2.11. The number of carboxylic acid groups (broad SMARTS) is 1. The number of hydrogen-bond donors (Lipinski definition) is 1. The van der Waals surface area contributed by atoms with Gasteiger partial charge >= 0.3 is 5.97 Å². The largest absolute Gasteiger partial charge is 0.480 e. The average Bonchev–Trinajstić information content (AvgIpc) is 1.64. The van der Waals surface area contributed by atoms with E-state index in [-0.39, 0.29) is 0 Å². The Balaban J connectivity index is 3.64. The first-order valence-electron chi connectivity index (χ1n) is 1.89. The highest BCUT2D eigenvalue weighted by molar-refractivity contribution is 14.1. The van der Waals surface area contributed by atoms with Crippen molar-refractivity contribution in [3.05, 3.63) is 0 Å². The molecular formula is C3H5BrINO2. The smallest absolute Gasteiger partial charge is 0.322 e. The molecule has 5 heteroatoms. The van der Waals surface area contributed by atoms with E-state index in [1.807, 2.05) is 22.9 Å². The molecule has 0 aliphatic rings. The van der Waals surface area contributed by atoms with E-state index in [1.165, 1.54) is 2.14 Å². The summed E-state index contributed by atoms with van der Waals surface area (Å²) < 4.78 is 1.42. The second-order valence-electron chi connectivity index (χ2n) is 1.27. The lowest BCUT2D eigenvalue weighted by atomic mass is 10.4. The molecule has 0 radical (unpaired) electrons. The van der Waals surface area contributed by atoms with Crippen molar-refractivity contribution in [1.29, 1.82) is 0 Å². The van der Waals surface area contributed by atoms with Crippen molar-refractivity contribution in [2.24, 2.45) is 0 Å². The molecule has 48 valence electrons. The van der Waals surface area contributed by atoms with E-state index in [2.05, 4.69) is 16.1 Å². The SMILES string of the molecule is CC(C(=O)O)N(Br)I. The Kier molecular flexibility index (Phi) is 3.91. The lowest BCUT2D eigenvalue weighted by Crippen LogP contribution is -2.24. The molecule has 0 aliphatic carbocycles. The van der Waals surface area contributed by atoms with Crippen LogP contribution in [0.15, 0.2) is 0 Å². The normalized spacial score (nSPS) is 14.0. The van der Waals surface area contributed by atoms with E-state index in [9.17, 15) is 4.79 Å². The third kappa shape index (κ3) is 2.83. The van der Waals surface area contributed by atoms with Gasteiger partial charge in [-0.05, 0) is 6.92 Å². The van der Waals surface area contributed by atoms with Gasteiger partial charge in [0.15, 0.2) is 0 Å². The lowest BCUT2D eigenvalue weighted by Gasteiger charge is -2.08. The zero-order valence-electron chi connectivity index (χ0n) is 4.14. The van der Waals surface area contributed by atoms with Gasteiger partial charge in [-0.2, -0.15) is 2.14 Å². The second kappa shape index (κ2) is 3.62. The van der Waals surface area contributed by atoms with E-state index < -0.39 is 12.0 Å². The van der Waals surface area contributed by atoms with Gasteiger partial charge in [0.25, 0.3) is 0 Å². The summed E-state index contributed by atoms with van der Waals surface area (Å²) in [5.41, 5.74) is 0. The third-order valence-corrected chi connectivity index (χ3v) is 2.10. The van der Waals surface area contributed by atoms with Crippen LogP contribution in [0.3, 0.4) is 0 Å². The molecule has 3 nitrogen and oxygen atoms in total. The summed E-state index contributed by atoms with van der Waals surface area (Å²) in [4.78, 5) is 10.1. The van der Waals surface area contributed by atoms with Crippen LogP contribution in [-0.2, 0) is 4.79 Å². The first-order chi connectivity index (χ1) is 3.55. The quantitative estimate of drug-likeness (QED) is 0.618. The monoisotopic (exact) mass is 293 g/mol. The number of halogens is 2. The predicted molar refractivity (Wildman–Crippen MR) is 41.9 cm³/mol. The lowest BCUT2D eigenvalue weighted by molar-refractivity contribution is -0.139. The maximum Gasteiger partial charge on any atom is 0.322 e. The summed E-state index contributed by atoms with van der Waals surface area (Å²) in [6.45, 7) is 1.59. The van der Waals surface area contributed by atoms with Crippen LogP contribution in [0.1, 0.15) is 6.92 Å². The van der Waals surface area contributed by atoms with Gasteiger partial charge in [-0.15, -0.1) is 0 Å². The van der Waals surface area contributed by atoms with Gasteiger partial charge in [0.1, 0.15) is 6.04 Å². The maximum atomic E-state index is 10.1. The molecule has 8 heavy (non-hydrogen) atoms. The molecule has 0 amide bonds. The minimum atomic E-state index is -0.837. The van der Waals surface area contributed by atoms with Crippen molar-refractivity contribution in [2.75, 3.05) is 0 Å². The molecule has 0 aromatic rings. The van der Waals surface area contributed by atoms with E-state index in [0.717, 1.165) is 0 Å². The summed E-state index contributed by atoms with van der Waals surface area (Å²) >= 11 is 4.83. The zero-order valence-corrected chi connectivity index (χ0v) is 7.88. The van der Waals surface area contributed by atoms with Gasteiger partial charge in [0.2, 0.25) is 0 Å². The number of aliphatic carboxylic acids is 1. The Hall–Kier alpha value is 0.640. The van der Waals surface area contributed by atoms with Gasteiger partial charge in [-0.25, -0.2) is 0 Å². The summed E-state index contributed by atoms with van der Waals surface area (Å²) in [5, 5.41) is 8.28.